The van der Waals surface area contributed by atoms with E-state index in [1.807, 2.05) is 0 Å². The van der Waals surface area contributed by atoms with E-state index in [9.17, 15) is 0 Å². The average molecular weight is 658 g/mol. The Morgan fingerprint density at radius 2 is 0.804 bits per heavy atom. The van der Waals surface area contributed by atoms with Crippen molar-refractivity contribution in [1.29, 1.82) is 0 Å². The van der Waals surface area contributed by atoms with Crippen molar-refractivity contribution in [3.63, 3.8) is 0 Å². The van der Waals surface area contributed by atoms with Gasteiger partial charge in [-0.15, -0.1) is 0 Å². The molecule has 0 spiro atoms. The maximum absolute atomic E-state index is 2.57. The lowest BCUT2D eigenvalue weighted by atomic mass is 9.78. The van der Waals surface area contributed by atoms with Gasteiger partial charge in [0.15, 0.2) is 0 Å². The van der Waals surface area contributed by atoms with E-state index in [0.29, 0.717) is 0 Å². The minimum absolute atomic E-state index is 0.0382. The molecule has 0 atom stereocenters. The predicted molar refractivity (Wildman–Crippen MR) is 216 cm³/mol. The van der Waals surface area contributed by atoms with Crippen molar-refractivity contribution in [2.45, 2.75) is 64.7 Å². The van der Waals surface area contributed by atoms with Gasteiger partial charge in [-0.1, -0.05) is 126 Å². The number of aryl methyl sites for hydroxylation is 1. The second-order valence-electron chi connectivity index (χ2n) is 16.7. The van der Waals surface area contributed by atoms with Gasteiger partial charge in [0, 0.05) is 33.0 Å². The summed E-state index contributed by atoms with van der Waals surface area (Å²) in [5, 5.41) is 2.58. The molecule has 0 aliphatic heterocycles. The Morgan fingerprint density at radius 1 is 0.373 bits per heavy atom. The minimum Gasteiger partial charge on any atom is -0.310 e. The van der Waals surface area contributed by atoms with Crippen LogP contribution in [-0.4, -0.2) is 0 Å². The molecule has 1 heteroatoms. The first-order valence-electron chi connectivity index (χ1n) is 18.4. The molecular weight excluding hydrogens is 615 g/mol. The molecule has 7 aromatic carbocycles. The van der Waals surface area contributed by atoms with Gasteiger partial charge in [-0.2, -0.15) is 0 Å². The highest BCUT2D eigenvalue weighted by molar-refractivity contribution is 6.10. The number of benzene rings is 7. The highest BCUT2D eigenvalue weighted by atomic mass is 15.1. The number of fused-ring (bicyclic) bond motifs is 11. The maximum Gasteiger partial charge on any atom is 0.0543 e. The molecule has 0 fully saturated rings. The van der Waals surface area contributed by atoms with E-state index in [1.165, 1.54) is 88.8 Å². The molecule has 10 rings (SSSR count). The van der Waals surface area contributed by atoms with Crippen LogP contribution in [0.4, 0.5) is 17.1 Å². The molecule has 248 valence electrons. The lowest BCUT2D eigenvalue weighted by Crippen LogP contribution is -2.18. The first-order valence-corrected chi connectivity index (χ1v) is 18.4. The van der Waals surface area contributed by atoms with Crippen molar-refractivity contribution in [2.24, 2.45) is 0 Å². The fourth-order valence-corrected chi connectivity index (χ4v) is 9.89. The molecule has 0 bridgehead atoms. The quantitative estimate of drug-likeness (QED) is 0.183. The molecule has 51 heavy (non-hydrogen) atoms. The molecule has 0 saturated heterocycles. The predicted octanol–water partition coefficient (Wildman–Crippen LogP) is 13.5. The Hall–Kier alpha value is -5.40. The first kappa shape index (κ1) is 30.4. The van der Waals surface area contributed by atoms with Crippen LogP contribution >= 0.6 is 0 Å². The van der Waals surface area contributed by atoms with Crippen molar-refractivity contribution < 1.29 is 0 Å². The number of hydrogen-bond acceptors (Lipinski definition) is 1. The van der Waals surface area contributed by atoms with Gasteiger partial charge >= 0.3 is 0 Å². The zero-order valence-electron chi connectivity index (χ0n) is 30.6. The lowest BCUT2D eigenvalue weighted by Gasteiger charge is -2.29. The van der Waals surface area contributed by atoms with Crippen molar-refractivity contribution in [2.75, 3.05) is 4.90 Å². The van der Waals surface area contributed by atoms with Crippen LogP contribution in [0.3, 0.4) is 0 Å². The van der Waals surface area contributed by atoms with E-state index in [2.05, 4.69) is 187 Å². The Labute approximate surface area is 302 Å². The first-order chi connectivity index (χ1) is 24.5. The summed E-state index contributed by atoms with van der Waals surface area (Å²) in [6, 6.07) is 50.4. The molecule has 0 radical (unpaired) electrons. The van der Waals surface area contributed by atoms with Crippen LogP contribution < -0.4 is 4.90 Å². The normalized spacial score (nSPS) is 16.2. The van der Waals surface area contributed by atoms with Crippen molar-refractivity contribution in [3.8, 4) is 33.4 Å². The fraction of sp³-hybridized carbons (Fsp3) is 0.200. The van der Waals surface area contributed by atoms with Gasteiger partial charge < -0.3 is 4.90 Å². The number of hydrogen-bond donors (Lipinski definition) is 0. The summed E-state index contributed by atoms with van der Waals surface area (Å²) in [5.74, 6) is 0. The summed E-state index contributed by atoms with van der Waals surface area (Å²) >= 11 is 0. The van der Waals surface area contributed by atoms with E-state index in [1.54, 1.807) is 0 Å². The van der Waals surface area contributed by atoms with Crippen LogP contribution in [0.5, 0.6) is 0 Å². The topological polar surface area (TPSA) is 3.24 Å². The third kappa shape index (κ3) is 3.98. The van der Waals surface area contributed by atoms with Crippen LogP contribution in [-0.2, 0) is 16.2 Å². The van der Waals surface area contributed by atoms with Crippen LogP contribution in [0.25, 0.3) is 44.2 Å². The smallest absolute Gasteiger partial charge is 0.0543 e. The summed E-state index contributed by atoms with van der Waals surface area (Å²) in [7, 11) is 0. The van der Waals surface area contributed by atoms with Gasteiger partial charge in [-0.3, -0.25) is 0 Å². The van der Waals surface area contributed by atoms with Crippen molar-refractivity contribution in [3.05, 3.63) is 172 Å². The molecule has 0 unspecified atom stereocenters. The largest absolute Gasteiger partial charge is 0.310 e. The number of anilines is 3. The van der Waals surface area contributed by atoms with E-state index < -0.39 is 0 Å². The summed E-state index contributed by atoms with van der Waals surface area (Å²) in [4.78, 5) is 2.43. The Bertz CT molecular complexity index is 2560. The SMILES string of the molecule is Cc1ccc2c(c1)C(C)(C)c1cc3c(cc1-2)C(C)(C)c1cc2c(cc1-3)C(C)(C)c1cc(N(c3ccccc3)c3ccccc3)c3ccccc3c1-2. The minimum atomic E-state index is -0.186. The number of rotatable bonds is 3. The molecule has 0 N–H and O–H groups in total. The second-order valence-corrected chi connectivity index (χ2v) is 16.7. The summed E-state index contributed by atoms with van der Waals surface area (Å²) in [6.45, 7) is 16.8. The molecule has 3 aliphatic carbocycles. The van der Waals surface area contributed by atoms with Gasteiger partial charge in [-0.05, 0) is 134 Å². The monoisotopic (exact) mass is 657 g/mol. The van der Waals surface area contributed by atoms with E-state index >= 15 is 0 Å². The van der Waals surface area contributed by atoms with Gasteiger partial charge in [0.2, 0.25) is 0 Å². The Kier molecular flexibility index (Phi) is 6.03. The third-order valence-corrected chi connectivity index (χ3v) is 12.7. The van der Waals surface area contributed by atoms with Crippen LogP contribution in [0.15, 0.2) is 133 Å². The zero-order valence-corrected chi connectivity index (χ0v) is 30.6. The molecule has 3 aliphatic rings. The number of nitrogens with zero attached hydrogens (tertiary/aromatic N) is 1. The van der Waals surface area contributed by atoms with E-state index in [0.717, 1.165) is 11.4 Å². The van der Waals surface area contributed by atoms with Crippen molar-refractivity contribution >= 4 is 27.8 Å². The highest BCUT2D eigenvalue weighted by Gasteiger charge is 2.45. The van der Waals surface area contributed by atoms with Gasteiger partial charge in [0.1, 0.15) is 0 Å². The third-order valence-electron chi connectivity index (χ3n) is 12.7. The van der Waals surface area contributed by atoms with Crippen LogP contribution in [0, 0.1) is 6.92 Å². The van der Waals surface area contributed by atoms with E-state index in [-0.39, 0.29) is 16.2 Å². The molecule has 0 heterocycles. The molecule has 1 nitrogen and oxygen atoms in total. The fourth-order valence-electron chi connectivity index (χ4n) is 9.89. The highest BCUT2D eigenvalue weighted by Crippen LogP contribution is 2.61. The molecule has 7 aromatic rings. The maximum atomic E-state index is 2.57. The van der Waals surface area contributed by atoms with Crippen molar-refractivity contribution in [1.82, 2.24) is 0 Å². The molecule has 0 saturated carbocycles. The Balaban J connectivity index is 1.20. The number of para-hydroxylation sites is 2. The molecule has 0 amide bonds. The standard InChI is InChI=1S/C50H43N/c1-30-22-23-33-36-25-42-37(26-41(36)48(2,3)40(33)24-30)38-27-44-39(28-43(38)49(42,4)5)47-35-21-15-14-20-34(35)46(29-45(47)50(44,6)7)51(31-16-10-8-11-17-31)32-18-12-9-13-19-32/h8-29H,1-7H3. The average Bonchev–Trinajstić information content (AvgIpc) is 3.59. The van der Waals surface area contributed by atoms with Gasteiger partial charge in [-0.25, -0.2) is 0 Å². The van der Waals surface area contributed by atoms with E-state index in [4.69, 9.17) is 0 Å². The summed E-state index contributed by atoms with van der Waals surface area (Å²) < 4.78 is 0. The van der Waals surface area contributed by atoms with Crippen LogP contribution in [0.2, 0.25) is 0 Å². The molecular formula is C50H43N. The van der Waals surface area contributed by atoms with Gasteiger partial charge in [0.25, 0.3) is 0 Å². The lowest BCUT2D eigenvalue weighted by molar-refractivity contribution is 0.649. The van der Waals surface area contributed by atoms with Crippen LogP contribution in [0.1, 0.15) is 80.5 Å². The summed E-state index contributed by atoms with van der Waals surface area (Å²) in [5.41, 5.74) is 21.5. The zero-order chi connectivity index (χ0) is 35.0. The second kappa shape index (κ2) is 10.1. The molecule has 0 aromatic heterocycles. The van der Waals surface area contributed by atoms with Gasteiger partial charge in [0.05, 0.1) is 5.69 Å². The Morgan fingerprint density at radius 3 is 1.37 bits per heavy atom. The summed E-state index contributed by atoms with van der Waals surface area (Å²) in [6.07, 6.45) is 0.